The van der Waals surface area contributed by atoms with Gasteiger partial charge in [-0.2, -0.15) is 0 Å². The molecule has 126 valence electrons. The topological polar surface area (TPSA) is 70.7 Å². The Kier molecular flexibility index (Phi) is 5.60. The highest BCUT2D eigenvalue weighted by molar-refractivity contribution is 6.02. The van der Waals surface area contributed by atoms with Crippen LogP contribution in [0.25, 0.3) is 0 Å². The number of fused-ring (bicyclic) bond motifs is 1. The maximum atomic E-state index is 12.3. The lowest BCUT2D eigenvalue weighted by molar-refractivity contribution is 0.0952. The smallest absolute Gasteiger partial charge is 0.254 e. The van der Waals surface area contributed by atoms with Gasteiger partial charge >= 0.3 is 0 Å². The molecule has 0 aromatic heterocycles. The third kappa shape index (κ3) is 4.22. The number of nitrogens with zero attached hydrogens (tertiary/aromatic N) is 1. The second-order valence-corrected chi connectivity index (χ2v) is 6.14. The Bertz CT molecular complexity index is 599. The molecule has 1 unspecified atom stereocenters. The first-order valence-electron chi connectivity index (χ1n) is 7.91. The molecule has 6 heteroatoms. The molecule has 0 aliphatic carbocycles. The highest BCUT2D eigenvalue weighted by Crippen LogP contribution is 2.33. The molecular formula is C17H25N3O3. The van der Waals surface area contributed by atoms with Crippen molar-refractivity contribution in [3.8, 4) is 5.75 Å². The SMILES string of the molecule is CNC(=O)c1cc(C(=O)NCCCN(C)C)cc2c1OC(C)C2. The van der Waals surface area contributed by atoms with Crippen molar-refractivity contribution in [3.63, 3.8) is 0 Å². The van der Waals surface area contributed by atoms with Gasteiger partial charge in [0.25, 0.3) is 11.8 Å². The predicted molar refractivity (Wildman–Crippen MR) is 89.1 cm³/mol. The number of carbonyl (C=O) groups excluding carboxylic acids is 2. The van der Waals surface area contributed by atoms with Gasteiger partial charge < -0.3 is 20.3 Å². The van der Waals surface area contributed by atoms with Gasteiger partial charge in [0.05, 0.1) is 5.56 Å². The van der Waals surface area contributed by atoms with Crippen LogP contribution in [0, 0.1) is 0 Å². The van der Waals surface area contributed by atoms with Gasteiger partial charge in [-0.15, -0.1) is 0 Å². The zero-order valence-electron chi connectivity index (χ0n) is 14.2. The molecule has 1 aliphatic heterocycles. The van der Waals surface area contributed by atoms with Crippen molar-refractivity contribution in [1.29, 1.82) is 0 Å². The monoisotopic (exact) mass is 319 g/mol. The Morgan fingerprint density at radius 3 is 2.70 bits per heavy atom. The van der Waals surface area contributed by atoms with Gasteiger partial charge in [0.15, 0.2) is 0 Å². The molecule has 1 aromatic carbocycles. The van der Waals surface area contributed by atoms with Gasteiger partial charge in [-0.05, 0) is 51.7 Å². The average molecular weight is 319 g/mol. The molecule has 0 saturated carbocycles. The maximum absolute atomic E-state index is 12.3. The fourth-order valence-electron chi connectivity index (χ4n) is 2.67. The van der Waals surface area contributed by atoms with Crippen LogP contribution in [0.1, 0.15) is 39.6 Å². The van der Waals surface area contributed by atoms with Gasteiger partial charge in [0, 0.05) is 25.6 Å². The number of benzene rings is 1. The lowest BCUT2D eigenvalue weighted by atomic mass is 10.0. The summed E-state index contributed by atoms with van der Waals surface area (Å²) in [6.45, 7) is 3.48. The minimum Gasteiger partial charge on any atom is -0.489 e. The van der Waals surface area contributed by atoms with Crippen molar-refractivity contribution in [1.82, 2.24) is 15.5 Å². The number of rotatable bonds is 6. The molecule has 0 fully saturated rings. The Morgan fingerprint density at radius 2 is 2.04 bits per heavy atom. The van der Waals surface area contributed by atoms with Gasteiger partial charge in [-0.25, -0.2) is 0 Å². The fraction of sp³-hybridized carbons (Fsp3) is 0.529. The third-order valence-electron chi connectivity index (χ3n) is 3.79. The first-order chi connectivity index (χ1) is 10.9. The second kappa shape index (κ2) is 7.46. The van der Waals surface area contributed by atoms with E-state index in [1.165, 1.54) is 0 Å². The molecule has 0 bridgehead atoms. The van der Waals surface area contributed by atoms with Crippen LogP contribution in [-0.2, 0) is 6.42 Å². The van der Waals surface area contributed by atoms with E-state index in [1.807, 2.05) is 27.1 Å². The normalized spacial score (nSPS) is 16.0. The number of hydrogen-bond donors (Lipinski definition) is 2. The van der Waals surface area contributed by atoms with Crippen molar-refractivity contribution < 1.29 is 14.3 Å². The van der Waals surface area contributed by atoms with E-state index >= 15 is 0 Å². The lowest BCUT2D eigenvalue weighted by Crippen LogP contribution is -2.27. The highest BCUT2D eigenvalue weighted by Gasteiger charge is 2.27. The fourth-order valence-corrected chi connectivity index (χ4v) is 2.67. The molecule has 2 amide bonds. The van der Waals surface area contributed by atoms with Crippen LogP contribution in [0.15, 0.2) is 12.1 Å². The van der Waals surface area contributed by atoms with Crippen molar-refractivity contribution in [2.75, 3.05) is 34.2 Å². The Morgan fingerprint density at radius 1 is 1.30 bits per heavy atom. The molecule has 1 heterocycles. The van der Waals surface area contributed by atoms with Crippen molar-refractivity contribution in [3.05, 3.63) is 28.8 Å². The minimum absolute atomic E-state index is 0.0202. The third-order valence-corrected chi connectivity index (χ3v) is 3.79. The summed E-state index contributed by atoms with van der Waals surface area (Å²) in [5.74, 6) is 0.204. The molecule has 2 rings (SSSR count). The first kappa shape index (κ1) is 17.3. The Balaban J connectivity index is 2.15. The maximum Gasteiger partial charge on any atom is 0.254 e. The van der Waals surface area contributed by atoms with Gasteiger partial charge in [0.2, 0.25) is 0 Å². The molecule has 1 aliphatic rings. The summed E-state index contributed by atoms with van der Waals surface area (Å²) in [4.78, 5) is 26.5. The summed E-state index contributed by atoms with van der Waals surface area (Å²) in [5, 5.41) is 5.50. The molecule has 0 spiro atoms. The zero-order valence-corrected chi connectivity index (χ0v) is 14.2. The lowest BCUT2D eigenvalue weighted by Gasteiger charge is -2.12. The number of nitrogens with one attached hydrogen (secondary N) is 2. The van der Waals surface area contributed by atoms with E-state index in [0.29, 0.717) is 29.8 Å². The molecule has 0 saturated heterocycles. The van der Waals surface area contributed by atoms with Crippen LogP contribution in [0.4, 0.5) is 0 Å². The van der Waals surface area contributed by atoms with Crippen LogP contribution < -0.4 is 15.4 Å². The van der Waals surface area contributed by atoms with Gasteiger partial charge in [0.1, 0.15) is 11.9 Å². The average Bonchev–Trinajstić information content (AvgIpc) is 2.89. The van der Waals surface area contributed by atoms with E-state index in [-0.39, 0.29) is 17.9 Å². The summed E-state index contributed by atoms with van der Waals surface area (Å²) in [6.07, 6.45) is 1.61. The zero-order chi connectivity index (χ0) is 17.0. The van der Waals surface area contributed by atoms with Crippen LogP contribution in [0.2, 0.25) is 0 Å². The molecule has 6 nitrogen and oxygen atoms in total. The number of hydrogen-bond acceptors (Lipinski definition) is 4. The van der Waals surface area contributed by atoms with Crippen LogP contribution >= 0.6 is 0 Å². The summed E-state index contributed by atoms with van der Waals surface area (Å²) < 4.78 is 5.72. The molecular weight excluding hydrogens is 294 g/mol. The largest absolute Gasteiger partial charge is 0.489 e. The quantitative estimate of drug-likeness (QED) is 0.769. The van der Waals surface area contributed by atoms with E-state index in [9.17, 15) is 9.59 Å². The molecule has 1 aromatic rings. The molecule has 2 N–H and O–H groups in total. The summed E-state index contributed by atoms with van der Waals surface area (Å²) >= 11 is 0. The summed E-state index contributed by atoms with van der Waals surface area (Å²) in [7, 11) is 5.57. The van der Waals surface area contributed by atoms with Crippen LogP contribution in [0.5, 0.6) is 5.75 Å². The predicted octanol–water partition coefficient (Wildman–Crippen LogP) is 1.05. The van der Waals surface area contributed by atoms with Crippen molar-refractivity contribution >= 4 is 11.8 Å². The second-order valence-electron chi connectivity index (χ2n) is 6.14. The summed E-state index contributed by atoms with van der Waals surface area (Å²) in [6, 6.07) is 3.43. The summed E-state index contributed by atoms with van der Waals surface area (Å²) in [5.41, 5.74) is 1.84. The van der Waals surface area contributed by atoms with E-state index in [4.69, 9.17) is 4.74 Å². The number of carbonyl (C=O) groups is 2. The molecule has 23 heavy (non-hydrogen) atoms. The van der Waals surface area contributed by atoms with E-state index in [1.54, 1.807) is 13.1 Å². The van der Waals surface area contributed by atoms with E-state index in [2.05, 4.69) is 15.5 Å². The first-order valence-corrected chi connectivity index (χ1v) is 7.91. The Hall–Kier alpha value is -2.08. The Labute approximate surface area is 137 Å². The number of amides is 2. The minimum atomic E-state index is -0.238. The van der Waals surface area contributed by atoms with Crippen LogP contribution in [0.3, 0.4) is 0 Å². The van der Waals surface area contributed by atoms with E-state index in [0.717, 1.165) is 18.5 Å². The van der Waals surface area contributed by atoms with Crippen molar-refractivity contribution in [2.45, 2.75) is 25.9 Å². The van der Waals surface area contributed by atoms with E-state index < -0.39 is 0 Å². The molecule has 1 atom stereocenters. The van der Waals surface area contributed by atoms with Gasteiger partial charge in [-0.1, -0.05) is 0 Å². The number of ether oxygens (including phenoxy) is 1. The highest BCUT2D eigenvalue weighted by atomic mass is 16.5. The van der Waals surface area contributed by atoms with Gasteiger partial charge in [-0.3, -0.25) is 9.59 Å². The standard InChI is InChI=1S/C17H25N3O3/c1-11-8-12-9-13(16(21)19-6-5-7-20(3)4)10-14(15(12)23-11)17(22)18-2/h9-11H,5-8H2,1-4H3,(H,18,22)(H,19,21). The van der Waals surface area contributed by atoms with Crippen molar-refractivity contribution in [2.24, 2.45) is 0 Å². The molecule has 0 radical (unpaired) electrons. The van der Waals surface area contributed by atoms with Crippen LogP contribution in [-0.4, -0.2) is 57.1 Å².